The van der Waals surface area contributed by atoms with Crippen molar-refractivity contribution in [1.82, 2.24) is 15.3 Å². The maximum atomic E-state index is 5.99. The van der Waals surface area contributed by atoms with Crippen molar-refractivity contribution in [1.29, 1.82) is 0 Å². The number of aromatic nitrogens is 2. The predicted molar refractivity (Wildman–Crippen MR) is 100 cm³/mol. The minimum Gasteiger partial charge on any atom is -0.481 e. The van der Waals surface area contributed by atoms with Crippen molar-refractivity contribution >= 4 is 0 Å². The van der Waals surface area contributed by atoms with Gasteiger partial charge in [-0.3, -0.25) is 0 Å². The molecule has 0 amide bonds. The Labute approximate surface area is 154 Å². The molecule has 26 heavy (non-hydrogen) atoms. The van der Waals surface area contributed by atoms with Crippen molar-refractivity contribution in [3.8, 4) is 23.5 Å². The van der Waals surface area contributed by atoms with Crippen molar-refractivity contribution in [2.45, 2.75) is 51.6 Å². The third-order valence-corrected chi connectivity index (χ3v) is 4.69. The van der Waals surface area contributed by atoms with E-state index in [1.807, 2.05) is 13.0 Å². The van der Waals surface area contributed by atoms with E-state index < -0.39 is 0 Å². The van der Waals surface area contributed by atoms with Crippen molar-refractivity contribution in [3.05, 3.63) is 35.4 Å². The number of ether oxygens (including phenoxy) is 3. The van der Waals surface area contributed by atoms with E-state index in [-0.39, 0.29) is 6.01 Å². The van der Waals surface area contributed by atoms with Gasteiger partial charge in [0.1, 0.15) is 5.75 Å². The van der Waals surface area contributed by atoms with Gasteiger partial charge in [-0.15, -0.1) is 0 Å². The highest BCUT2D eigenvalue weighted by Crippen LogP contribution is 2.28. The summed E-state index contributed by atoms with van der Waals surface area (Å²) >= 11 is 0. The number of hydrogen-bond donors (Lipinski definition) is 1. The molecule has 1 aromatic heterocycles. The number of nitrogens with one attached hydrogen (secondary N) is 1. The average molecular weight is 357 g/mol. The minimum absolute atomic E-state index is 0.214. The van der Waals surface area contributed by atoms with E-state index in [2.05, 4.69) is 27.4 Å². The van der Waals surface area contributed by atoms with E-state index in [1.54, 1.807) is 20.3 Å². The number of benzene rings is 1. The van der Waals surface area contributed by atoms with Crippen LogP contribution in [0.3, 0.4) is 0 Å². The summed E-state index contributed by atoms with van der Waals surface area (Å²) in [5.41, 5.74) is 2.21. The highest BCUT2D eigenvalue weighted by molar-refractivity contribution is 5.39. The van der Waals surface area contributed by atoms with Crippen molar-refractivity contribution in [3.63, 3.8) is 0 Å². The molecule has 1 aliphatic carbocycles. The lowest BCUT2D eigenvalue weighted by molar-refractivity contribution is 0.345. The van der Waals surface area contributed by atoms with E-state index in [1.165, 1.54) is 32.1 Å². The molecule has 0 spiro atoms. The predicted octanol–water partition coefficient (Wildman–Crippen LogP) is 4.02. The van der Waals surface area contributed by atoms with Crippen LogP contribution in [-0.2, 0) is 6.54 Å². The topological polar surface area (TPSA) is 65.5 Å². The zero-order valence-corrected chi connectivity index (χ0v) is 15.7. The molecule has 1 aromatic carbocycles. The first-order chi connectivity index (χ1) is 12.7. The molecule has 140 valence electrons. The van der Waals surface area contributed by atoms with E-state index in [9.17, 15) is 0 Å². The summed E-state index contributed by atoms with van der Waals surface area (Å²) in [5.74, 6) is 1.56. The van der Waals surface area contributed by atoms with Gasteiger partial charge in [-0.05, 0) is 31.4 Å². The summed E-state index contributed by atoms with van der Waals surface area (Å²) in [6, 6.07) is 8.62. The second-order valence-corrected chi connectivity index (χ2v) is 6.66. The lowest BCUT2D eigenvalue weighted by Crippen LogP contribution is -2.30. The van der Waals surface area contributed by atoms with E-state index in [4.69, 9.17) is 14.2 Å². The number of rotatable bonds is 7. The van der Waals surface area contributed by atoms with Crippen LogP contribution in [0.2, 0.25) is 0 Å². The van der Waals surface area contributed by atoms with Gasteiger partial charge < -0.3 is 19.5 Å². The molecule has 1 heterocycles. The largest absolute Gasteiger partial charge is 0.481 e. The Morgan fingerprint density at radius 2 is 1.69 bits per heavy atom. The third-order valence-electron chi connectivity index (χ3n) is 4.69. The fraction of sp³-hybridized carbons (Fsp3) is 0.500. The maximum absolute atomic E-state index is 5.99. The Balaban J connectivity index is 1.77. The Morgan fingerprint density at radius 1 is 1.00 bits per heavy atom. The smallest absolute Gasteiger partial charge is 0.328 e. The third kappa shape index (κ3) is 4.85. The molecule has 1 N–H and O–H groups in total. The molecule has 0 radical (unpaired) electrons. The first-order valence-corrected chi connectivity index (χ1v) is 9.16. The van der Waals surface area contributed by atoms with Crippen LogP contribution in [0.4, 0.5) is 0 Å². The monoisotopic (exact) mass is 357 g/mol. The number of nitrogens with zero attached hydrogens (tertiary/aromatic N) is 2. The summed E-state index contributed by atoms with van der Waals surface area (Å²) < 4.78 is 16.4. The second-order valence-electron chi connectivity index (χ2n) is 6.66. The van der Waals surface area contributed by atoms with Crippen molar-refractivity contribution in [2.24, 2.45) is 0 Å². The quantitative estimate of drug-likeness (QED) is 0.807. The molecule has 6 nitrogen and oxygen atoms in total. The summed E-state index contributed by atoms with van der Waals surface area (Å²) in [6.45, 7) is 2.81. The zero-order valence-electron chi connectivity index (χ0n) is 15.7. The van der Waals surface area contributed by atoms with E-state index in [0.29, 0.717) is 17.8 Å². The lowest BCUT2D eigenvalue weighted by atomic mass is 9.95. The van der Waals surface area contributed by atoms with Crippen LogP contribution in [0.5, 0.6) is 23.5 Å². The van der Waals surface area contributed by atoms with Gasteiger partial charge in [0.15, 0.2) is 0 Å². The van der Waals surface area contributed by atoms with Crippen LogP contribution < -0.4 is 19.5 Å². The van der Waals surface area contributed by atoms with Crippen LogP contribution in [0, 0.1) is 6.92 Å². The molecular weight excluding hydrogens is 330 g/mol. The molecule has 1 fully saturated rings. The molecule has 0 saturated heterocycles. The molecule has 0 atom stereocenters. The molecule has 2 aromatic rings. The van der Waals surface area contributed by atoms with Crippen LogP contribution in [-0.4, -0.2) is 30.2 Å². The van der Waals surface area contributed by atoms with Gasteiger partial charge in [0.2, 0.25) is 11.8 Å². The van der Waals surface area contributed by atoms with Crippen LogP contribution >= 0.6 is 0 Å². The van der Waals surface area contributed by atoms with Gasteiger partial charge in [0, 0.05) is 18.2 Å². The SMILES string of the molecule is COc1cc(OC)nc(Oc2cc(C)ccc2CNC2CCCCC2)n1. The molecule has 0 bridgehead atoms. The molecular formula is C20H27N3O3. The highest BCUT2D eigenvalue weighted by Gasteiger charge is 2.15. The fourth-order valence-electron chi connectivity index (χ4n) is 3.20. The van der Waals surface area contributed by atoms with Crippen molar-refractivity contribution in [2.75, 3.05) is 14.2 Å². The molecule has 3 rings (SSSR count). The Morgan fingerprint density at radius 3 is 2.35 bits per heavy atom. The summed E-state index contributed by atoms with van der Waals surface area (Å²) in [6.07, 6.45) is 6.47. The van der Waals surface area contributed by atoms with E-state index in [0.717, 1.165) is 23.4 Å². The molecule has 1 saturated carbocycles. The van der Waals surface area contributed by atoms with Gasteiger partial charge in [-0.1, -0.05) is 31.4 Å². The van der Waals surface area contributed by atoms with Gasteiger partial charge in [-0.2, -0.15) is 9.97 Å². The Hall–Kier alpha value is -2.34. The Kier molecular flexibility index (Phi) is 6.28. The van der Waals surface area contributed by atoms with Gasteiger partial charge in [0.25, 0.3) is 0 Å². The molecule has 6 heteroatoms. The van der Waals surface area contributed by atoms with E-state index >= 15 is 0 Å². The fourth-order valence-corrected chi connectivity index (χ4v) is 3.20. The Bertz CT molecular complexity index is 708. The average Bonchev–Trinajstić information content (AvgIpc) is 2.68. The summed E-state index contributed by atoms with van der Waals surface area (Å²) in [4.78, 5) is 8.52. The van der Waals surface area contributed by atoms with Gasteiger partial charge in [-0.25, -0.2) is 0 Å². The molecule has 1 aliphatic rings. The second kappa shape index (κ2) is 8.85. The minimum atomic E-state index is 0.214. The normalized spacial score (nSPS) is 14.9. The first kappa shape index (κ1) is 18.5. The highest BCUT2D eigenvalue weighted by atomic mass is 16.5. The first-order valence-electron chi connectivity index (χ1n) is 9.16. The summed E-state index contributed by atoms with van der Waals surface area (Å²) in [5, 5.41) is 3.66. The van der Waals surface area contributed by atoms with Gasteiger partial charge in [0.05, 0.1) is 20.3 Å². The zero-order chi connectivity index (χ0) is 18.4. The van der Waals surface area contributed by atoms with Crippen LogP contribution in [0.15, 0.2) is 24.3 Å². The van der Waals surface area contributed by atoms with Crippen molar-refractivity contribution < 1.29 is 14.2 Å². The summed E-state index contributed by atoms with van der Waals surface area (Å²) in [7, 11) is 3.11. The maximum Gasteiger partial charge on any atom is 0.328 e. The number of aryl methyl sites for hydroxylation is 1. The van der Waals surface area contributed by atoms with Crippen LogP contribution in [0.25, 0.3) is 0 Å². The lowest BCUT2D eigenvalue weighted by Gasteiger charge is -2.23. The standard InChI is InChI=1S/C20H27N3O3/c1-14-9-10-15(13-21-16-7-5-4-6-8-16)17(11-14)26-20-22-18(24-2)12-19(23-20)25-3/h9-12,16,21H,4-8,13H2,1-3H3. The number of hydrogen-bond acceptors (Lipinski definition) is 6. The molecule has 0 aliphatic heterocycles. The van der Waals surface area contributed by atoms with Crippen LogP contribution in [0.1, 0.15) is 43.2 Å². The molecule has 0 unspecified atom stereocenters. The van der Waals surface area contributed by atoms with Gasteiger partial charge >= 0.3 is 6.01 Å². The number of methoxy groups -OCH3 is 2.